The van der Waals surface area contributed by atoms with Crippen LogP contribution in [0.4, 0.5) is 4.39 Å². The van der Waals surface area contributed by atoms with Gasteiger partial charge in [0, 0.05) is 6.26 Å². The second-order valence-electron chi connectivity index (χ2n) is 4.75. The van der Waals surface area contributed by atoms with Gasteiger partial charge in [-0.1, -0.05) is 25.1 Å². The Kier molecular flexibility index (Phi) is 4.10. The molecular formula is C16H14FNO2S. The molecule has 2 aromatic carbocycles. The third kappa shape index (κ3) is 3.11. The summed E-state index contributed by atoms with van der Waals surface area (Å²) in [6, 6.07) is 11.2. The van der Waals surface area contributed by atoms with E-state index in [0.717, 1.165) is 6.26 Å². The van der Waals surface area contributed by atoms with E-state index >= 15 is 0 Å². The Balaban J connectivity index is 2.57. The average molecular weight is 303 g/mol. The summed E-state index contributed by atoms with van der Waals surface area (Å²) in [7, 11) is -3.46. The number of hydrogen-bond donors (Lipinski definition) is 0. The smallest absolute Gasteiger partial charge is 0.176 e. The topological polar surface area (TPSA) is 57.9 Å². The molecule has 0 radical (unpaired) electrons. The number of halogens is 1. The number of rotatable bonds is 3. The van der Waals surface area contributed by atoms with Crippen molar-refractivity contribution in [2.45, 2.75) is 18.2 Å². The quantitative estimate of drug-likeness (QED) is 0.874. The summed E-state index contributed by atoms with van der Waals surface area (Å²) >= 11 is 0. The minimum absolute atomic E-state index is 0.0144. The van der Waals surface area contributed by atoms with Gasteiger partial charge in [0.15, 0.2) is 9.84 Å². The number of aryl methyl sites for hydroxylation is 1. The number of nitrogens with zero attached hydrogens (tertiary/aromatic N) is 1. The van der Waals surface area contributed by atoms with Gasteiger partial charge in [-0.15, -0.1) is 0 Å². The minimum Gasteiger partial charge on any atom is -0.224 e. The van der Waals surface area contributed by atoms with E-state index < -0.39 is 9.84 Å². The van der Waals surface area contributed by atoms with Crippen LogP contribution < -0.4 is 0 Å². The predicted octanol–water partition coefficient (Wildman–Crippen LogP) is 3.33. The van der Waals surface area contributed by atoms with Crippen molar-refractivity contribution in [3.8, 4) is 17.2 Å². The van der Waals surface area contributed by atoms with Crippen LogP contribution in [0.3, 0.4) is 0 Å². The van der Waals surface area contributed by atoms with Crippen LogP contribution in [0.2, 0.25) is 0 Å². The summed E-state index contributed by atoms with van der Waals surface area (Å²) in [6.07, 6.45) is 1.65. The number of nitriles is 1. The zero-order chi connectivity index (χ0) is 15.6. The van der Waals surface area contributed by atoms with Crippen molar-refractivity contribution < 1.29 is 12.8 Å². The molecule has 0 N–H and O–H groups in total. The van der Waals surface area contributed by atoms with Gasteiger partial charge >= 0.3 is 0 Å². The van der Waals surface area contributed by atoms with Crippen LogP contribution >= 0.6 is 0 Å². The van der Waals surface area contributed by atoms with E-state index in [1.165, 1.54) is 18.2 Å². The normalized spacial score (nSPS) is 11.1. The molecule has 0 amide bonds. The molecule has 0 unspecified atom stereocenters. The third-order valence-electron chi connectivity index (χ3n) is 3.27. The van der Waals surface area contributed by atoms with Crippen molar-refractivity contribution in [2.24, 2.45) is 0 Å². The van der Waals surface area contributed by atoms with Gasteiger partial charge in [0.25, 0.3) is 0 Å². The van der Waals surface area contributed by atoms with Gasteiger partial charge in [-0.2, -0.15) is 5.26 Å². The molecule has 2 rings (SSSR count). The Labute approximate surface area is 123 Å². The van der Waals surface area contributed by atoms with Gasteiger partial charge in [0.2, 0.25) is 0 Å². The SMILES string of the molecule is CCc1ccc(-c2ccc(S(C)(=O)=O)c(C#N)c2)cc1F. The summed E-state index contributed by atoms with van der Waals surface area (Å²) in [4.78, 5) is -0.0144. The first-order chi connectivity index (χ1) is 9.86. The van der Waals surface area contributed by atoms with E-state index in [9.17, 15) is 12.8 Å². The molecule has 0 bridgehead atoms. The first kappa shape index (κ1) is 15.2. The summed E-state index contributed by atoms with van der Waals surface area (Å²) in [6.45, 7) is 1.87. The molecule has 0 aliphatic rings. The maximum Gasteiger partial charge on any atom is 0.176 e. The number of benzene rings is 2. The average Bonchev–Trinajstić information content (AvgIpc) is 2.45. The van der Waals surface area contributed by atoms with E-state index in [4.69, 9.17) is 5.26 Å². The Bertz CT molecular complexity index is 836. The van der Waals surface area contributed by atoms with Crippen LogP contribution in [0, 0.1) is 17.1 Å². The summed E-state index contributed by atoms with van der Waals surface area (Å²) < 4.78 is 37.0. The lowest BCUT2D eigenvalue weighted by molar-refractivity contribution is 0.601. The molecule has 0 aliphatic carbocycles. The molecule has 108 valence electrons. The van der Waals surface area contributed by atoms with Crippen LogP contribution in [0.25, 0.3) is 11.1 Å². The molecule has 0 aliphatic heterocycles. The zero-order valence-electron chi connectivity index (χ0n) is 11.7. The molecule has 21 heavy (non-hydrogen) atoms. The van der Waals surface area contributed by atoms with Crippen LogP contribution in [0.1, 0.15) is 18.1 Å². The lowest BCUT2D eigenvalue weighted by Crippen LogP contribution is -2.00. The Hall–Kier alpha value is -2.19. The van der Waals surface area contributed by atoms with Crippen molar-refractivity contribution in [1.29, 1.82) is 5.26 Å². The van der Waals surface area contributed by atoms with Crippen molar-refractivity contribution in [2.75, 3.05) is 6.26 Å². The lowest BCUT2D eigenvalue weighted by atomic mass is 10.0. The van der Waals surface area contributed by atoms with Gasteiger partial charge in [0.1, 0.15) is 11.9 Å². The molecule has 0 atom stereocenters. The fraction of sp³-hybridized carbons (Fsp3) is 0.188. The van der Waals surface area contributed by atoms with E-state index in [-0.39, 0.29) is 16.3 Å². The van der Waals surface area contributed by atoms with E-state index in [1.807, 2.05) is 13.0 Å². The monoisotopic (exact) mass is 303 g/mol. The summed E-state index contributed by atoms with van der Waals surface area (Å²) in [5, 5.41) is 9.10. The van der Waals surface area contributed by atoms with E-state index in [2.05, 4.69) is 0 Å². The molecular weight excluding hydrogens is 289 g/mol. The van der Waals surface area contributed by atoms with Crippen LogP contribution in [-0.2, 0) is 16.3 Å². The first-order valence-corrected chi connectivity index (χ1v) is 8.29. The highest BCUT2D eigenvalue weighted by Gasteiger charge is 2.14. The van der Waals surface area contributed by atoms with Crippen LogP contribution in [0.5, 0.6) is 0 Å². The van der Waals surface area contributed by atoms with E-state index in [1.54, 1.807) is 18.2 Å². The van der Waals surface area contributed by atoms with Crippen molar-refractivity contribution in [3.05, 3.63) is 53.3 Å². The number of sulfone groups is 1. The second kappa shape index (κ2) is 5.66. The summed E-state index contributed by atoms with van der Waals surface area (Å²) in [5.41, 5.74) is 1.91. The fourth-order valence-corrected chi connectivity index (χ4v) is 2.95. The maximum absolute atomic E-state index is 13.8. The van der Waals surface area contributed by atoms with Gasteiger partial charge < -0.3 is 0 Å². The molecule has 0 heterocycles. The first-order valence-electron chi connectivity index (χ1n) is 6.40. The zero-order valence-corrected chi connectivity index (χ0v) is 12.5. The Morgan fingerprint density at radius 3 is 2.29 bits per heavy atom. The van der Waals surface area contributed by atoms with Gasteiger partial charge in [0.05, 0.1) is 10.5 Å². The standard InChI is InChI=1S/C16H14FNO2S/c1-3-11-4-5-13(9-15(11)17)12-6-7-16(21(2,19)20)14(8-12)10-18/h4-9H,3H2,1-2H3. The van der Waals surface area contributed by atoms with Crippen molar-refractivity contribution in [1.82, 2.24) is 0 Å². The maximum atomic E-state index is 13.8. The number of hydrogen-bond acceptors (Lipinski definition) is 3. The highest BCUT2D eigenvalue weighted by molar-refractivity contribution is 7.90. The van der Waals surface area contributed by atoms with E-state index in [0.29, 0.717) is 23.1 Å². The van der Waals surface area contributed by atoms with Gasteiger partial charge in [-0.3, -0.25) is 0 Å². The fourth-order valence-electron chi connectivity index (χ4n) is 2.13. The second-order valence-corrected chi connectivity index (χ2v) is 6.74. The van der Waals surface area contributed by atoms with Crippen LogP contribution in [0.15, 0.2) is 41.3 Å². The largest absolute Gasteiger partial charge is 0.224 e. The van der Waals surface area contributed by atoms with Crippen LogP contribution in [-0.4, -0.2) is 14.7 Å². The highest BCUT2D eigenvalue weighted by atomic mass is 32.2. The van der Waals surface area contributed by atoms with Gasteiger partial charge in [-0.25, -0.2) is 12.8 Å². The third-order valence-corrected chi connectivity index (χ3v) is 4.42. The summed E-state index contributed by atoms with van der Waals surface area (Å²) in [5.74, 6) is -0.305. The molecule has 0 saturated carbocycles. The van der Waals surface area contributed by atoms with Gasteiger partial charge in [-0.05, 0) is 41.3 Å². The Morgan fingerprint density at radius 1 is 1.14 bits per heavy atom. The molecule has 0 saturated heterocycles. The van der Waals surface area contributed by atoms with Crippen molar-refractivity contribution >= 4 is 9.84 Å². The lowest BCUT2D eigenvalue weighted by Gasteiger charge is -2.07. The minimum atomic E-state index is -3.46. The molecule has 5 heteroatoms. The predicted molar refractivity (Wildman–Crippen MR) is 79.0 cm³/mol. The molecule has 0 aromatic heterocycles. The van der Waals surface area contributed by atoms with Crippen molar-refractivity contribution in [3.63, 3.8) is 0 Å². The molecule has 0 spiro atoms. The molecule has 3 nitrogen and oxygen atoms in total. The highest BCUT2D eigenvalue weighted by Crippen LogP contribution is 2.26. The molecule has 2 aromatic rings. The molecule has 0 fully saturated rings. The Morgan fingerprint density at radius 2 is 1.76 bits per heavy atom.